The Morgan fingerprint density at radius 3 is 1.50 bits per heavy atom. The van der Waals surface area contributed by atoms with Crippen molar-refractivity contribution in [3.63, 3.8) is 0 Å². The number of hydrogen-bond acceptors (Lipinski definition) is 0. The van der Waals surface area contributed by atoms with Crippen LogP contribution in [0.4, 0.5) is 0 Å². The van der Waals surface area contributed by atoms with Gasteiger partial charge in [0.15, 0.2) is 0 Å². The standard InChI is InChI=1S/C18H33/c1-3-5-7-9-11-13-15-17-18-16-14-12-10-8-6-4-2/h3,16,18H,1-2,4-15,17H2. The molecule has 1 radical (unpaired) electrons. The summed E-state index contributed by atoms with van der Waals surface area (Å²) in [6, 6.07) is 0. The van der Waals surface area contributed by atoms with Crippen molar-refractivity contribution in [3.8, 4) is 0 Å². The third-order valence-corrected chi connectivity index (χ3v) is 3.32. The molecule has 0 N–H and O–H groups in total. The van der Waals surface area contributed by atoms with Crippen LogP contribution >= 0.6 is 0 Å². The van der Waals surface area contributed by atoms with Gasteiger partial charge >= 0.3 is 0 Å². The Bertz CT molecular complexity index is 178. The van der Waals surface area contributed by atoms with Gasteiger partial charge in [-0.25, -0.2) is 0 Å². The average molecular weight is 249 g/mol. The molecule has 0 saturated carbocycles. The van der Waals surface area contributed by atoms with E-state index in [0.717, 1.165) is 6.42 Å². The number of unbranched alkanes of at least 4 members (excludes halogenated alkanes) is 11. The molecule has 0 rings (SSSR count). The maximum atomic E-state index is 3.87. The second kappa shape index (κ2) is 16.5. The highest BCUT2D eigenvalue weighted by atomic mass is 14.0. The number of allylic oxidation sites excluding steroid dienone is 3. The van der Waals surface area contributed by atoms with E-state index in [1.165, 1.54) is 77.0 Å². The third-order valence-electron chi connectivity index (χ3n) is 3.32. The first-order valence-electron chi connectivity index (χ1n) is 7.97. The first-order valence-corrected chi connectivity index (χ1v) is 7.97. The first kappa shape index (κ1) is 17.5. The molecular weight excluding hydrogens is 216 g/mol. The molecule has 0 amide bonds. The highest BCUT2D eigenvalue weighted by Gasteiger charge is 1.89. The summed E-state index contributed by atoms with van der Waals surface area (Å²) in [6.07, 6.45) is 23.9. The lowest BCUT2D eigenvalue weighted by atomic mass is 10.1. The van der Waals surface area contributed by atoms with E-state index in [-0.39, 0.29) is 0 Å². The maximum absolute atomic E-state index is 3.87. The van der Waals surface area contributed by atoms with Gasteiger partial charge in [0.2, 0.25) is 0 Å². The Hall–Kier alpha value is -0.520. The summed E-state index contributed by atoms with van der Waals surface area (Å²) in [6.45, 7) is 7.61. The molecule has 105 valence electrons. The quantitative estimate of drug-likeness (QED) is 0.239. The van der Waals surface area contributed by atoms with Crippen LogP contribution < -0.4 is 0 Å². The average Bonchev–Trinajstić information content (AvgIpc) is 2.39. The molecule has 0 saturated heterocycles. The molecule has 0 aliphatic heterocycles. The van der Waals surface area contributed by atoms with Gasteiger partial charge < -0.3 is 0 Å². The summed E-state index contributed by atoms with van der Waals surface area (Å²) in [4.78, 5) is 0. The van der Waals surface area contributed by atoms with E-state index in [2.05, 4.69) is 25.7 Å². The molecule has 0 unspecified atom stereocenters. The van der Waals surface area contributed by atoms with Crippen LogP contribution in [-0.4, -0.2) is 0 Å². The highest BCUT2D eigenvalue weighted by molar-refractivity contribution is 4.81. The van der Waals surface area contributed by atoms with Crippen LogP contribution in [0.3, 0.4) is 0 Å². The zero-order valence-corrected chi connectivity index (χ0v) is 12.3. The lowest BCUT2D eigenvalue weighted by Gasteiger charge is -1.98. The molecule has 0 heteroatoms. The van der Waals surface area contributed by atoms with Crippen LogP contribution in [0.2, 0.25) is 0 Å². The molecule has 0 aliphatic carbocycles. The van der Waals surface area contributed by atoms with E-state index in [4.69, 9.17) is 0 Å². The van der Waals surface area contributed by atoms with Gasteiger partial charge in [0.25, 0.3) is 0 Å². The third kappa shape index (κ3) is 15.5. The normalized spacial score (nSPS) is 11.2. The number of rotatable bonds is 14. The Morgan fingerprint density at radius 2 is 1.00 bits per heavy atom. The van der Waals surface area contributed by atoms with Crippen LogP contribution in [0.25, 0.3) is 0 Å². The summed E-state index contributed by atoms with van der Waals surface area (Å²) in [5.41, 5.74) is 0. The molecule has 0 aromatic heterocycles. The van der Waals surface area contributed by atoms with Crippen molar-refractivity contribution in [2.75, 3.05) is 0 Å². The molecule has 0 nitrogen and oxygen atoms in total. The Morgan fingerprint density at radius 1 is 0.556 bits per heavy atom. The molecule has 0 spiro atoms. The second-order valence-electron chi connectivity index (χ2n) is 5.16. The summed E-state index contributed by atoms with van der Waals surface area (Å²) in [7, 11) is 0. The molecule has 0 aromatic carbocycles. The molecule has 18 heavy (non-hydrogen) atoms. The van der Waals surface area contributed by atoms with E-state index in [1.54, 1.807) is 0 Å². The largest absolute Gasteiger partial charge is 0.103 e. The monoisotopic (exact) mass is 249 g/mol. The van der Waals surface area contributed by atoms with Gasteiger partial charge in [0.05, 0.1) is 0 Å². The van der Waals surface area contributed by atoms with Crippen molar-refractivity contribution in [2.45, 2.75) is 83.5 Å². The van der Waals surface area contributed by atoms with E-state index < -0.39 is 0 Å². The molecule has 0 heterocycles. The van der Waals surface area contributed by atoms with Crippen LogP contribution in [0.15, 0.2) is 24.8 Å². The predicted octanol–water partition coefficient (Wildman–Crippen LogP) is 6.63. The molecule has 0 atom stereocenters. The molecule has 0 aromatic rings. The van der Waals surface area contributed by atoms with Gasteiger partial charge in [-0.1, -0.05) is 70.1 Å². The van der Waals surface area contributed by atoms with Crippen molar-refractivity contribution in [3.05, 3.63) is 31.7 Å². The van der Waals surface area contributed by atoms with Gasteiger partial charge in [-0.3, -0.25) is 0 Å². The van der Waals surface area contributed by atoms with Gasteiger partial charge in [-0.05, 0) is 38.5 Å². The van der Waals surface area contributed by atoms with Crippen LogP contribution in [0, 0.1) is 6.92 Å². The van der Waals surface area contributed by atoms with E-state index in [0.29, 0.717) is 0 Å². The van der Waals surface area contributed by atoms with Gasteiger partial charge in [0.1, 0.15) is 0 Å². The minimum atomic E-state index is 1.10. The van der Waals surface area contributed by atoms with Gasteiger partial charge in [-0.2, -0.15) is 0 Å². The lowest BCUT2D eigenvalue weighted by molar-refractivity contribution is 0.621. The second-order valence-corrected chi connectivity index (χ2v) is 5.16. The topological polar surface area (TPSA) is 0 Å². The Kier molecular flexibility index (Phi) is 16.0. The minimum Gasteiger partial charge on any atom is -0.103 e. The van der Waals surface area contributed by atoms with Crippen LogP contribution in [0.5, 0.6) is 0 Å². The minimum absolute atomic E-state index is 1.10. The van der Waals surface area contributed by atoms with Crippen molar-refractivity contribution in [2.24, 2.45) is 0 Å². The van der Waals surface area contributed by atoms with Gasteiger partial charge in [0, 0.05) is 0 Å². The van der Waals surface area contributed by atoms with Crippen molar-refractivity contribution >= 4 is 0 Å². The zero-order valence-electron chi connectivity index (χ0n) is 12.3. The highest BCUT2D eigenvalue weighted by Crippen LogP contribution is 2.09. The van der Waals surface area contributed by atoms with Crippen LogP contribution in [-0.2, 0) is 0 Å². The van der Waals surface area contributed by atoms with Crippen molar-refractivity contribution < 1.29 is 0 Å². The van der Waals surface area contributed by atoms with Gasteiger partial charge in [-0.15, -0.1) is 6.58 Å². The summed E-state index contributed by atoms with van der Waals surface area (Å²) in [5.74, 6) is 0. The summed E-state index contributed by atoms with van der Waals surface area (Å²) >= 11 is 0. The van der Waals surface area contributed by atoms with E-state index in [1.807, 2.05) is 6.08 Å². The van der Waals surface area contributed by atoms with Crippen molar-refractivity contribution in [1.82, 2.24) is 0 Å². The Balaban J connectivity index is 3.02. The SMILES string of the molecule is [CH2]CCCCCCC=CCCCCCCCC=C. The Labute approximate surface area is 116 Å². The van der Waals surface area contributed by atoms with E-state index >= 15 is 0 Å². The summed E-state index contributed by atoms with van der Waals surface area (Å²) < 4.78 is 0. The number of hydrogen-bond donors (Lipinski definition) is 0. The lowest BCUT2D eigenvalue weighted by Crippen LogP contribution is -1.78. The van der Waals surface area contributed by atoms with Crippen molar-refractivity contribution in [1.29, 1.82) is 0 Å². The smallest absolute Gasteiger partial charge is 0.0351 e. The molecular formula is C18H33. The fraction of sp³-hybridized carbons (Fsp3) is 0.722. The first-order chi connectivity index (χ1) is 8.91. The fourth-order valence-electron chi connectivity index (χ4n) is 2.11. The zero-order chi connectivity index (χ0) is 13.3. The molecule has 0 bridgehead atoms. The molecule has 0 aliphatic rings. The predicted molar refractivity (Wildman–Crippen MR) is 84.7 cm³/mol. The summed E-state index contributed by atoms with van der Waals surface area (Å²) in [5, 5.41) is 0. The fourth-order valence-corrected chi connectivity index (χ4v) is 2.11. The molecule has 0 fully saturated rings. The van der Waals surface area contributed by atoms with Crippen LogP contribution in [0.1, 0.15) is 83.5 Å². The van der Waals surface area contributed by atoms with E-state index in [9.17, 15) is 0 Å². The maximum Gasteiger partial charge on any atom is -0.0351 e.